The van der Waals surface area contributed by atoms with Crippen LogP contribution < -0.4 is 5.32 Å². The van der Waals surface area contributed by atoms with Gasteiger partial charge in [-0.2, -0.15) is 0 Å². The Morgan fingerprint density at radius 3 is 2.75 bits per heavy atom. The second kappa shape index (κ2) is 6.28. The molecule has 0 saturated carbocycles. The average Bonchev–Trinajstić information content (AvgIpc) is 2.32. The zero-order valence-electron chi connectivity index (χ0n) is 13.7. The van der Waals surface area contributed by atoms with E-state index in [0.717, 1.165) is 25.6 Å². The molecular weight excluding hydrogens is 244 g/mol. The highest BCUT2D eigenvalue weighted by Gasteiger charge is 2.32. The molecule has 20 heavy (non-hydrogen) atoms. The first-order valence-electron chi connectivity index (χ1n) is 7.90. The zero-order chi connectivity index (χ0) is 14.8. The second-order valence-corrected chi connectivity index (χ2v) is 7.44. The van der Waals surface area contributed by atoms with Crippen molar-refractivity contribution in [2.24, 2.45) is 5.92 Å². The molecular formula is C18H30N2. The van der Waals surface area contributed by atoms with Crippen LogP contribution in [0.25, 0.3) is 0 Å². The molecule has 1 saturated heterocycles. The van der Waals surface area contributed by atoms with Crippen molar-refractivity contribution in [3.05, 3.63) is 35.4 Å². The highest BCUT2D eigenvalue weighted by Crippen LogP contribution is 2.22. The maximum atomic E-state index is 3.70. The fourth-order valence-corrected chi connectivity index (χ4v) is 3.22. The third-order valence-corrected chi connectivity index (χ3v) is 4.14. The molecule has 112 valence electrons. The van der Waals surface area contributed by atoms with Gasteiger partial charge in [-0.15, -0.1) is 0 Å². The number of nitrogens with zero attached hydrogens (tertiary/aromatic N) is 1. The summed E-state index contributed by atoms with van der Waals surface area (Å²) in [6, 6.07) is 9.59. The number of hydrogen-bond acceptors (Lipinski definition) is 2. The van der Waals surface area contributed by atoms with Crippen LogP contribution in [0.2, 0.25) is 0 Å². The first kappa shape index (κ1) is 15.5. The van der Waals surface area contributed by atoms with Crippen LogP contribution in [-0.4, -0.2) is 29.6 Å². The SMILES string of the molecule is Cc1cccc(CN2CC(C)(C)NCC2CC(C)C)c1. The van der Waals surface area contributed by atoms with E-state index in [-0.39, 0.29) is 5.54 Å². The van der Waals surface area contributed by atoms with Crippen LogP contribution in [0.4, 0.5) is 0 Å². The molecule has 0 aromatic heterocycles. The first-order valence-corrected chi connectivity index (χ1v) is 7.90. The summed E-state index contributed by atoms with van der Waals surface area (Å²) in [5.41, 5.74) is 3.02. The summed E-state index contributed by atoms with van der Waals surface area (Å²) in [4.78, 5) is 2.67. The third-order valence-electron chi connectivity index (χ3n) is 4.14. The van der Waals surface area contributed by atoms with Crippen molar-refractivity contribution in [1.29, 1.82) is 0 Å². The Morgan fingerprint density at radius 2 is 2.10 bits per heavy atom. The molecule has 1 aliphatic rings. The van der Waals surface area contributed by atoms with E-state index in [1.54, 1.807) is 0 Å². The minimum absolute atomic E-state index is 0.220. The van der Waals surface area contributed by atoms with Gasteiger partial charge in [0.1, 0.15) is 0 Å². The van der Waals surface area contributed by atoms with Crippen LogP contribution >= 0.6 is 0 Å². The molecule has 0 bridgehead atoms. The van der Waals surface area contributed by atoms with Crippen LogP contribution in [-0.2, 0) is 6.54 Å². The van der Waals surface area contributed by atoms with Crippen molar-refractivity contribution in [1.82, 2.24) is 10.2 Å². The van der Waals surface area contributed by atoms with Gasteiger partial charge >= 0.3 is 0 Å². The van der Waals surface area contributed by atoms with Gasteiger partial charge in [-0.3, -0.25) is 4.90 Å². The number of rotatable bonds is 4. The van der Waals surface area contributed by atoms with Gasteiger partial charge in [0, 0.05) is 31.2 Å². The molecule has 0 radical (unpaired) electrons. The van der Waals surface area contributed by atoms with Crippen LogP contribution in [0.3, 0.4) is 0 Å². The highest BCUT2D eigenvalue weighted by molar-refractivity contribution is 5.22. The molecule has 1 aromatic rings. The molecule has 0 amide bonds. The topological polar surface area (TPSA) is 15.3 Å². The molecule has 1 aliphatic heterocycles. The minimum atomic E-state index is 0.220. The first-order chi connectivity index (χ1) is 9.35. The molecule has 0 aliphatic carbocycles. The quantitative estimate of drug-likeness (QED) is 0.902. The van der Waals surface area contributed by atoms with Crippen molar-refractivity contribution < 1.29 is 0 Å². The average molecular weight is 274 g/mol. The fourth-order valence-electron chi connectivity index (χ4n) is 3.22. The van der Waals surface area contributed by atoms with E-state index >= 15 is 0 Å². The maximum Gasteiger partial charge on any atom is 0.0253 e. The number of piperazine rings is 1. The Balaban J connectivity index is 2.10. The van der Waals surface area contributed by atoms with E-state index < -0.39 is 0 Å². The predicted octanol–water partition coefficient (Wildman–Crippen LogP) is 3.59. The number of benzene rings is 1. The lowest BCUT2D eigenvalue weighted by molar-refractivity contribution is 0.0760. The predicted molar refractivity (Wildman–Crippen MR) is 86.9 cm³/mol. The van der Waals surface area contributed by atoms with Crippen molar-refractivity contribution in [2.75, 3.05) is 13.1 Å². The van der Waals surface area contributed by atoms with Gasteiger partial charge in [0.25, 0.3) is 0 Å². The summed E-state index contributed by atoms with van der Waals surface area (Å²) in [5.74, 6) is 0.753. The van der Waals surface area contributed by atoms with Gasteiger partial charge in [-0.25, -0.2) is 0 Å². The van der Waals surface area contributed by atoms with Crippen molar-refractivity contribution in [2.45, 2.75) is 59.2 Å². The van der Waals surface area contributed by atoms with Crippen LogP contribution in [0.15, 0.2) is 24.3 Å². The van der Waals surface area contributed by atoms with Crippen molar-refractivity contribution in [3.63, 3.8) is 0 Å². The van der Waals surface area contributed by atoms with Crippen LogP contribution in [0.1, 0.15) is 45.2 Å². The number of aryl methyl sites for hydroxylation is 1. The van der Waals surface area contributed by atoms with E-state index in [4.69, 9.17) is 0 Å². The van der Waals surface area contributed by atoms with E-state index in [9.17, 15) is 0 Å². The largest absolute Gasteiger partial charge is 0.309 e. The Kier molecular flexibility index (Phi) is 4.87. The standard InChI is InChI=1S/C18H30N2/c1-14(2)9-17-11-19-18(4,5)13-20(17)12-16-8-6-7-15(3)10-16/h6-8,10,14,17,19H,9,11-13H2,1-5H3. The third kappa shape index (κ3) is 4.32. The van der Waals surface area contributed by atoms with Gasteiger partial charge in [0.05, 0.1) is 0 Å². The summed E-state index contributed by atoms with van der Waals surface area (Å²) in [6.07, 6.45) is 1.27. The lowest BCUT2D eigenvalue weighted by Gasteiger charge is -2.45. The summed E-state index contributed by atoms with van der Waals surface area (Å²) in [5, 5.41) is 3.70. The normalized spacial score (nSPS) is 23.2. The summed E-state index contributed by atoms with van der Waals surface area (Å²) in [6.45, 7) is 14.7. The van der Waals surface area contributed by atoms with E-state index in [2.05, 4.69) is 69.1 Å². The van der Waals surface area contributed by atoms with Crippen molar-refractivity contribution in [3.8, 4) is 0 Å². The molecule has 2 nitrogen and oxygen atoms in total. The molecule has 1 N–H and O–H groups in total. The summed E-state index contributed by atoms with van der Waals surface area (Å²) in [7, 11) is 0. The van der Waals surface area contributed by atoms with Crippen LogP contribution in [0, 0.1) is 12.8 Å². The monoisotopic (exact) mass is 274 g/mol. The van der Waals surface area contributed by atoms with E-state index in [1.165, 1.54) is 17.5 Å². The molecule has 2 rings (SSSR count). The Labute approximate surface area is 124 Å². The number of nitrogens with one attached hydrogen (secondary N) is 1. The summed E-state index contributed by atoms with van der Waals surface area (Å²) < 4.78 is 0. The Bertz CT molecular complexity index is 437. The Hall–Kier alpha value is -0.860. The molecule has 1 heterocycles. The van der Waals surface area contributed by atoms with Gasteiger partial charge in [0.2, 0.25) is 0 Å². The smallest absolute Gasteiger partial charge is 0.0253 e. The highest BCUT2D eigenvalue weighted by atomic mass is 15.2. The molecule has 2 heteroatoms. The Morgan fingerprint density at radius 1 is 1.35 bits per heavy atom. The van der Waals surface area contributed by atoms with E-state index in [0.29, 0.717) is 6.04 Å². The molecule has 0 spiro atoms. The fraction of sp³-hybridized carbons (Fsp3) is 0.667. The number of hydrogen-bond donors (Lipinski definition) is 1. The second-order valence-electron chi connectivity index (χ2n) is 7.44. The lowest BCUT2D eigenvalue weighted by Crippen LogP contribution is -2.61. The molecule has 1 fully saturated rings. The van der Waals surface area contributed by atoms with Crippen molar-refractivity contribution >= 4 is 0 Å². The van der Waals surface area contributed by atoms with Crippen LogP contribution in [0.5, 0.6) is 0 Å². The summed E-state index contributed by atoms with van der Waals surface area (Å²) >= 11 is 0. The van der Waals surface area contributed by atoms with Gasteiger partial charge in [-0.05, 0) is 38.7 Å². The van der Waals surface area contributed by atoms with Gasteiger partial charge < -0.3 is 5.32 Å². The van der Waals surface area contributed by atoms with Gasteiger partial charge in [0.15, 0.2) is 0 Å². The zero-order valence-corrected chi connectivity index (χ0v) is 13.7. The molecule has 1 aromatic carbocycles. The minimum Gasteiger partial charge on any atom is -0.309 e. The maximum absolute atomic E-state index is 3.70. The van der Waals surface area contributed by atoms with E-state index in [1.807, 2.05) is 0 Å². The molecule has 1 unspecified atom stereocenters. The lowest BCUT2D eigenvalue weighted by atomic mass is 9.93. The van der Waals surface area contributed by atoms with Gasteiger partial charge in [-0.1, -0.05) is 43.7 Å². The molecule has 1 atom stereocenters.